The van der Waals surface area contributed by atoms with E-state index >= 15 is 0 Å². The number of hydrogen-bond donors (Lipinski definition) is 2. The van der Waals surface area contributed by atoms with Gasteiger partial charge in [0.25, 0.3) is 5.91 Å². The van der Waals surface area contributed by atoms with E-state index in [0.717, 1.165) is 12.8 Å². The summed E-state index contributed by atoms with van der Waals surface area (Å²) < 4.78 is 0. The van der Waals surface area contributed by atoms with Gasteiger partial charge in [-0.3, -0.25) is 4.79 Å². The standard InChI is InChI=1S/C16H16N2O/c17-15-8-4-3-7-14(15)16(19)18-13-9-11-5-1-2-6-12(11)10-13/h1-8,13H,9-10,17H2,(H,18,19). The highest BCUT2D eigenvalue weighted by atomic mass is 16.1. The van der Waals surface area contributed by atoms with E-state index in [-0.39, 0.29) is 11.9 Å². The lowest BCUT2D eigenvalue weighted by Gasteiger charge is -2.13. The summed E-state index contributed by atoms with van der Waals surface area (Å²) in [6.07, 6.45) is 1.79. The van der Waals surface area contributed by atoms with Crippen LogP contribution in [0.5, 0.6) is 0 Å². The predicted octanol–water partition coefficient (Wildman–Crippen LogP) is 2.17. The van der Waals surface area contributed by atoms with E-state index in [1.54, 1.807) is 12.1 Å². The lowest BCUT2D eigenvalue weighted by Crippen LogP contribution is -2.35. The van der Waals surface area contributed by atoms with Gasteiger partial charge in [-0.25, -0.2) is 0 Å². The molecule has 3 nitrogen and oxygen atoms in total. The quantitative estimate of drug-likeness (QED) is 0.805. The summed E-state index contributed by atoms with van der Waals surface area (Å²) in [6, 6.07) is 15.7. The Bertz CT molecular complexity index is 597. The average Bonchev–Trinajstić information content (AvgIpc) is 2.81. The van der Waals surface area contributed by atoms with E-state index in [9.17, 15) is 4.79 Å². The summed E-state index contributed by atoms with van der Waals surface area (Å²) in [5.41, 5.74) is 9.55. The largest absolute Gasteiger partial charge is 0.398 e. The minimum absolute atomic E-state index is 0.0871. The maximum absolute atomic E-state index is 12.2. The molecular weight excluding hydrogens is 236 g/mol. The zero-order chi connectivity index (χ0) is 13.2. The molecule has 0 atom stereocenters. The normalized spacial score (nSPS) is 14.1. The van der Waals surface area contributed by atoms with Gasteiger partial charge in [0.2, 0.25) is 0 Å². The summed E-state index contributed by atoms with van der Waals surface area (Å²) in [4.78, 5) is 12.2. The van der Waals surface area contributed by atoms with Crippen LogP contribution in [0.1, 0.15) is 21.5 Å². The van der Waals surface area contributed by atoms with Crippen LogP contribution in [0.25, 0.3) is 0 Å². The van der Waals surface area contributed by atoms with Crippen molar-refractivity contribution >= 4 is 11.6 Å². The number of rotatable bonds is 2. The van der Waals surface area contributed by atoms with Crippen LogP contribution in [0.3, 0.4) is 0 Å². The highest BCUT2D eigenvalue weighted by Crippen LogP contribution is 2.22. The van der Waals surface area contributed by atoms with Crippen LogP contribution in [0.2, 0.25) is 0 Å². The number of hydrogen-bond acceptors (Lipinski definition) is 2. The summed E-state index contributed by atoms with van der Waals surface area (Å²) in [6.45, 7) is 0. The van der Waals surface area contributed by atoms with Gasteiger partial charge >= 0.3 is 0 Å². The number of anilines is 1. The number of nitrogen functional groups attached to an aromatic ring is 1. The van der Waals surface area contributed by atoms with Crippen LogP contribution in [0.15, 0.2) is 48.5 Å². The zero-order valence-corrected chi connectivity index (χ0v) is 10.6. The van der Waals surface area contributed by atoms with Crippen LogP contribution in [0, 0.1) is 0 Å². The summed E-state index contributed by atoms with van der Waals surface area (Å²) in [7, 11) is 0. The summed E-state index contributed by atoms with van der Waals surface area (Å²) >= 11 is 0. The van der Waals surface area contributed by atoms with Gasteiger partial charge in [-0.2, -0.15) is 0 Å². The van der Waals surface area contributed by atoms with Gasteiger partial charge < -0.3 is 11.1 Å². The molecule has 0 radical (unpaired) electrons. The first kappa shape index (κ1) is 11.8. The number of amides is 1. The Kier molecular flexibility index (Phi) is 2.95. The summed E-state index contributed by atoms with van der Waals surface area (Å²) in [5.74, 6) is -0.0871. The fraction of sp³-hybridized carbons (Fsp3) is 0.188. The Morgan fingerprint density at radius 3 is 2.21 bits per heavy atom. The third-order valence-corrected chi connectivity index (χ3v) is 3.59. The zero-order valence-electron chi connectivity index (χ0n) is 10.6. The van der Waals surface area contributed by atoms with Gasteiger partial charge in [0.15, 0.2) is 0 Å². The molecular formula is C16H16N2O. The van der Waals surface area contributed by atoms with Gasteiger partial charge in [-0.15, -0.1) is 0 Å². The van der Waals surface area contributed by atoms with Crippen molar-refractivity contribution in [2.45, 2.75) is 18.9 Å². The number of nitrogens with two attached hydrogens (primary N) is 1. The number of fused-ring (bicyclic) bond motifs is 1. The Balaban J connectivity index is 1.71. The Morgan fingerprint density at radius 1 is 1.00 bits per heavy atom. The molecule has 0 aliphatic heterocycles. The number of nitrogens with one attached hydrogen (secondary N) is 1. The molecule has 1 aliphatic rings. The van der Waals surface area contributed by atoms with Gasteiger partial charge in [0.05, 0.1) is 5.56 Å². The molecule has 1 aliphatic carbocycles. The van der Waals surface area contributed by atoms with E-state index in [0.29, 0.717) is 11.3 Å². The minimum Gasteiger partial charge on any atom is -0.398 e. The molecule has 1 amide bonds. The summed E-state index contributed by atoms with van der Waals surface area (Å²) in [5, 5.41) is 3.06. The molecule has 0 spiro atoms. The first-order chi connectivity index (χ1) is 9.24. The number of carbonyl (C=O) groups excluding carboxylic acids is 1. The molecule has 19 heavy (non-hydrogen) atoms. The lowest BCUT2D eigenvalue weighted by molar-refractivity contribution is 0.0939. The maximum Gasteiger partial charge on any atom is 0.253 e. The topological polar surface area (TPSA) is 55.1 Å². The van der Waals surface area contributed by atoms with Crippen molar-refractivity contribution in [3.05, 3.63) is 65.2 Å². The lowest BCUT2D eigenvalue weighted by atomic mass is 10.1. The Hall–Kier alpha value is -2.29. The molecule has 0 saturated heterocycles. The average molecular weight is 252 g/mol. The van der Waals surface area contributed by atoms with Crippen molar-refractivity contribution in [3.63, 3.8) is 0 Å². The molecule has 2 aromatic rings. The van der Waals surface area contributed by atoms with Crippen molar-refractivity contribution in [2.24, 2.45) is 0 Å². The van der Waals surface area contributed by atoms with Crippen molar-refractivity contribution in [2.75, 3.05) is 5.73 Å². The minimum atomic E-state index is -0.0871. The fourth-order valence-electron chi connectivity index (χ4n) is 2.63. The van der Waals surface area contributed by atoms with E-state index in [4.69, 9.17) is 5.73 Å². The van der Waals surface area contributed by atoms with Crippen molar-refractivity contribution in [3.8, 4) is 0 Å². The number of benzene rings is 2. The molecule has 0 fully saturated rings. The molecule has 3 rings (SSSR count). The van der Waals surface area contributed by atoms with Crippen molar-refractivity contribution < 1.29 is 4.79 Å². The van der Waals surface area contributed by atoms with Gasteiger partial charge in [-0.05, 0) is 36.1 Å². The molecule has 2 aromatic carbocycles. The van der Waals surface area contributed by atoms with Crippen molar-refractivity contribution in [1.82, 2.24) is 5.32 Å². The molecule has 0 unspecified atom stereocenters. The molecule has 3 heteroatoms. The third kappa shape index (κ3) is 2.32. The van der Waals surface area contributed by atoms with Crippen molar-refractivity contribution in [1.29, 1.82) is 0 Å². The van der Waals surface area contributed by atoms with Crippen LogP contribution in [0.4, 0.5) is 5.69 Å². The second kappa shape index (κ2) is 4.76. The Labute approximate surface area is 112 Å². The second-order valence-corrected chi connectivity index (χ2v) is 4.93. The van der Waals surface area contributed by atoms with Crippen LogP contribution < -0.4 is 11.1 Å². The Morgan fingerprint density at radius 2 is 1.58 bits per heavy atom. The first-order valence-electron chi connectivity index (χ1n) is 6.46. The molecule has 3 N–H and O–H groups in total. The van der Waals surface area contributed by atoms with E-state index in [1.807, 2.05) is 24.3 Å². The van der Waals surface area contributed by atoms with E-state index < -0.39 is 0 Å². The van der Waals surface area contributed by atoms with Gasteiger partial charge in [-0.1, -0.05) is 36.4 Å². The maximum atomic E-state index is 12.2. The van der Waals surface area contributed by atoms with Crippen LogP contribution in [-0.2, 0) is 12.8 Å². The number of para-hydroxylation sites is 1. The fourth-order valence-corrected chi connectivity index (χ4v) is 2.63. The van der Waals surface area contributed by atoms with E-state index in [2.05, 4.69) is 17.4 Å². The third-order valence-electron chi connectivity index (χ3n) is 3.59. The SMILES string of the molecule is Nc1ccccc1C(=O)NC1Cc2ccccc2C1. The second-order valence-electron chi connectivity index (χ2n) is 4.93. The van der Waals surface area contributed by atoms with Crippen LogP contribution >= 0.6 is 0 Å². The van der Waals surface area contributed by atoms with Crippen LogP contribution in [-0.4, -0.2) is 11.9 Å². The highest BCUT2D eigenvalue weighted by molar-refractivity contribution is 5.99. The van der Waals surface area contributed by atoms with E-state index in [1.165, 1.54) is 11.1 Å². The molecule has 0 bridgehead atoms. The smallest absolute Gasteiger partial charge is 0.253 e. The van der Waals surface area contributed by atoms with Gasteiger partial charge in [0.1, 0.15) is 0 Å². The molecule has 0 aromatic heterocycles. The predicted molar refractivity (Wildman–Crippen MR) is 76.0 cm³/mol. The molecule has 96 valence electrons. The molecule has 0 heterocycles. The highest BCUT2D eigenvalue weighted by Gasteiger charge is 2.23. The molecule has 0 saturated carbocycles. The monoisotopic (exact) mass is 252 g/mol. The first-order valence-corrected chi connectivity index (χ1v) is 6.46. The van der Waals surface area contributed by atoms with Gasteiger partial charge in [0, 0.05) is 11.7 Å². The number of carbonyl (C=O) groups is 1.